The first-order valence-electron chi connectivity index (χ1n) is 9.34. The Bertz CT molecular complexity index is 597. The molecule has 1 aromatic carbocycles. The molecule has 26 heavy (non-hydrogen) atoms. The minimum absolute atomic E-state index is 0. The van der Waals surface area contributed by atoms with Crippen LogP contribution in [0.3, 0.4) is 0 Å². The van der Waals surface area contributed by atoms with Crippen LogP contribution in [0.1, 0.15) is 25.3 Å². The second kappa shape index (κ2) is 10.8. The molecule has 1 atom stereocenters. The van der Waals surface area contributed by atoms with Gasteiger partial charge in [0.1, 0.15) is 0 Å². The molecule has 0 saturated carbocycles. The number of rotatable bonds is 6. The maximum atomic E-state index is 5.44. The molecule has 2 N–H and O–H groups in total. The van der Waals surface area contributed by atoms with Gasteiger partial charge in [-0.1, -0.05) is 6.07 Å². The number of guanidine groups is 1. The van der Waals surface area contributed by atoms with Crippen molar-refractivity contribution in [2.24, 2.45) is 10.9 Å². The van der Waals surface area contributed by atoms with E-state index in [9.17, 15) is 0 Å². The number of benzene rings is 1. The predicted molar refractivity (Wildman–Crippen MR) is 116 cm³/mol. The molecule has 1 aromatic rings. The highest BCUT2D eigenvalue weighted by Gasteiger charge is 2.17. The molecule has 3 rings (SSSR count). The summed E-state index contributed by atoms with van der Waals surface area (Å²) in [5.41, 5.74) is 1.24. The van der Waals surface area contributed by atoms with Crippen molar-refractivity contribution in [3.63, 3.8) is 0 Å². The van der Waals surface area contributed by atoms with Crippen LogP contribution in [-0.2, 0) is 6.42 Å². The van der Waals surface area contributed by atoms with E-state index in [1.165, 1.54) is 24.9 Å². The van der Waals surface area contributed by atoms with Crippen molar-refractivity contribution in [1.29, 1.82) is 0 Å². The maximum Gasteiger partial charge on any atom is 0.231 e. The molecule has 7 heteroatoms. The average molecular weight is 474 g/mol. The lowest BCUT2D eigenvalue weighted by Crippen LogP contribution is -2.39. The van der Waals surface area contributed by atoms with Gasteiger partial charge in [-0.05, 0) is 63.4 Å². The van der Waals surface area contributed by atoms with Gasteiger partial charge in [-0.25, -0.2) is 0 Å². The van der Waals surface area contributed by atoms with Crippen LogP contribution in [0.15, 0.2) is 23.2 Å². The molecule has 2 aliphatic heterocycles. The maximum absolute atomic E-state index is 5.44. The van der Waals surface area contributed by atoms with Gasteiger partial charge in [0.15, 0.2) is 17.5 Å². The number of piperidine rings is 1. The Labute approximate surface area is 173 Å². The number of nitrogens with zero attached hydrogens (tertiary/aromatic N) is 2. The molecule has 146 valence electrons. The first kappa shape index (κ1) is 21.1. The van der Waals surface area contributed by atoms with E-state index in [1.807, 2.05) is 6.07 Å². The predicted octanol–water partition coefficient (Wildman–Crippen LogP) is 2.47. The fourth-order valence-corrected chi connectivity index (χ4v) is 3.41. The van der Waals surface area contributed by atoms with Gasteiger partial charge in [0, 0.05) is 26.2 Å². The van der Waals surface area contributed by atoms with E-state index in [0.29, 0.717) is 12.7 Å². The number of nitrogens with one attached hydrogen (secondary N) is 2. The molecule has 0 radical (unpaired) electrons. The molecule has 0 spiro atoms. The molecule has 1 fully saturated rings. The van der Waals surface area contributed by atoms with Crippen LogP contribution in [0, 0.1) is 5.92 Å². The lowest BCUT2D eigenvalue weighted by molar-refractivity contribution is 0.174. The largest absolute Gasteiger partial charge is 0.454 e. The molecule has 0 bridgehead atoms. The number of fused-ring (bicyclic) bond motifs is 1. The third kappa shape index (κ3) is 6.19. The molecule has 0 amide bonds. The number of likely N-dealkylation sites (tertiary alicyclic amines) is 1. The van der Waals surface area contributed by atoms with Crippen LogP contribution < -0.4 is 20.1 Å². The first-order chi connectivity index (χ1) is 12.2. The second-order valence-corrected chi connectivity index (χ2v) is 6.85. The van der Waals surface area contributed by atoms with E-state index in [0.717, 1.165) is 50.1 Å². The fourth-order valence-electron chi connectivity index (χ4n) is 3.41. The molecule has 1 saturated heterocycles. The summed E-state index contributed by atoms with van der Waals surface area (Å²) < 4.78 is 10.8. The molecule has 1 unspecified atom stereocenters. The highest BCUT2D eigenvalue weighted by atomic mass is 127. The van der Waals surface area contributed by atoms with E-state index in [2.05, 4.69) is 41.6 Å². The molecule has 2 aliphatic rings. The monoisotopic (exact) mass is 474 g/mol. The Morgan fingerprint density at radius 2 is 2.12 bits per heavy atom. The first-order valence-corrected chi connectivity index (χ1v) is 9.34. The van der Waals surface area contributed by atoms with E-state index in [-0.39, 0.29) is 24.0 Å². The minimum atomic E-state index is 0. The number of ether oxygens (including phenoxy) is 2. The zero-order valence-electron chi connectivity index (χ0n) is 15.8. The van der Waals surface area contributed by atoms with Crippen LogP contribution in [-0.4, -0.2) is 57.4 Å². The Hall–Kier alpha value is -1.22. The molecule has 6 nitrogen and oxygen atoms in total. The zero-order chi connectivity index (χ0) is 17.5. The van der Waals surface area contributed by atoms with Crippen molar-refractivity contribution < 1.29 is 9.47 Å². The number of hydrogen-bond donors (Lipinski definition) is 2. The summed E-state index contributed by atoms with van der Waals surface area (Å²) in [5.74, 6) is 3.27. The Kier molecular flexibility index (Phi) is 8.77. The second-order valence-electron chi connectivity index (χ2n) is 6.85. The van der Waals surface area contributed by atoms with E-state index < -0.39 is 0 Å². The van der Waals surface area contributed by atoms with Gasteiger partial charge >= 0.3 is 0 Å². The molecule has 0 aliphatic carbocycles. The van der Waals surface area contributed by atoms with Gasteiger partial charge < -0.3 is 25.0 Å². The number of hydrogen-bond acceptors (Lipinski definition) is 4. The zero-order valence-corrected chi connectivity index (χ0v) is 18.1. The lowest BCUT2D eigenvalue weighted by atomic mass is 9.99. The van der Waals surface area contributed by atoms with Crippen molar-refractivity contribution >= 4 is 29.9 Å². The average Bonchev–Trinajstić information content (AvgIpc) is 3.07. The van der Waals surface area contributed by atoms with Gasteiger partial charge in [0.25, 0.3) is 0 Å². The summed E-state index contributed by atoms with van der Waals surface area (Å²) >= 11 is 0. The van der Waals surface area contributed by atoms with Crippen molar-refractivity contribution in [2.45, 2.75) is 26.2 Å². The summed E-state index contributed by atoms with van der Waals surface area (Å²) in [7, 11) is 2.20. The van der Waals surface area contributed by atoms with Crippen LogP contribution >= 0.6 is 24.0 Å². The number of halogens is 1. The van der Waals surface area contributed by atoms with Gasteiger partial charge in [-0.2, -0.15) is 0 Å². The van der Waals surface area contributed by atoms with Gasteiger partial charge in [0.2, 0.25) is 6.79 Å². The quantitative estimate of drug-likeness (QED) is 0.377. The van der Waals surface area contributed by atoms with Gasteiger partial charge in [-0.15, -0.1) is 24.0 Å². The normalized spacial score (nSPS) is 19.8. The van der Waals surface area contributed by atoms with Gasteiger partial charge in [-0.3, -0.25) is 4.99 Å². The summed E-state index contributed by atoms with van der Waals surface area (Å²) in [6.07, 6.45) is 3.49. The standard InChI is InChI=1S/C19H30N4O2.HI/c1-3-20-19(22-12-16-5-4-10-23(2)13-16)21-9-8-15-6-7-17-18(11-15)25-14-24-17;/h6-7,11,16H,3-5,8-10,12-14H2,1-2H3,(H2,20,21,22);1H. The summed E-state index contributed by atoms with van der Waals surface area (Å²) in [6.45, 7) is 7.41. The summed E-state index contributed by atoms with van der Waals surface area (Å²) in [6, 6.07) is 6.14. The Morgan fingerprint density at radius 3 is 2.92 bits per heavy atom. The fraction of sp³-hybridized carbons (Fsp3) is 0.632. The Balaban J connectivity index is 0.00000243. The summed E-state index contributed by atoms with van der Waals surface area (Å²) in [4.78, 5) is 7.19. The van der Waals surface area contributed by atoms with Crippen molar-refractivity contribution in [2.75, 3.05) is 46.6 Å². The highest BCUT2D eigenvalue weighted by Crippen LogP contribution is 2.32. The SMILES string of the molecule is CCNC(=NCC1CCCN(C)C1)NCCc1ccc2c(c1)OCO2.I. The third-order valence-electron chi connectivity index (χ3n) is 4.72. The van der Waals surface area contributed by atoms with Crippen molar-refractivity contribution in [3.05, 3.63) is 23.8 Å². The van der Waals surface area contributed by atoms with Crippen LogP contribution in [0.2, 0.25) is 0 Å². The van der Waals surface area contributed by atoms with Crippen LogP contribution in [0.4, 0.5) is 0 Å². The van der Waals surface area contributed by atoms with Crippen molar-refractivity contribution in [1.82, 2.24) is 15.5 Å². The van der Waals surface area contributed by atoms with Crippen LogP contribution in [0.25, 0.3) is 0 Å². The van der Waals surface area contributed by atoms with Crippen molar-refractivity contribution in [3.8, 4) is 11.5 Å². The van der Waals surface area contributed by atoms with E-state index >= 15 is 0 Å². The van der Waals surface area contributed by atoms with Crippen LogP contribution in [0.5, 0.6) is 11.5 Å². The molecular weight excluding hydrogens is 443 g/mol. The molecule has 0 aromatic heterocycles. The van der Waals surface area contributed by atoms with E-state index in [1.54, 1.807) is 0 Å². The topological polar surface area (TPSA) is 58.1 Å². The third-order valence-corrected chi connectivity index (χ3v) is 4.72. The minimum Gasteiger partial charge on any atom is -0.454 e. The van der Waals surface area contributed by atoms with Gasteiger partial charge in [0.05, 0.1) is 0 Å². The lowest BCUT2D eigenvalue weighted by Gasteiger charge is -2.28. The molecule has 2 heterocycles. The smallest absolute Gasteiger partial charge is 0.231 e. The van der Waals surface area contributed by atoms with E-state index in [4.69, 9.17) is 14.5 Å². The molecular formula is C19H31IN4O2. The Morgan fingerprint density at radius 1 is 1.27 bits per heavy atom. The highest BCUT2D eigenvalue weighted by molar-refractivity contribution is 14.0. The summed E-state index contributed by atoms with van der Waals surface area (Å²) in [5, 5.41) is 6.78. The number of aliphatic imine (C=N–C) groups is 1.